The van der Waals surface area contributed by atoms with Crippen molar-refractivity contribution in [3.05, 3.63) is 46.8 Å². The first-order valence-electron chi connectivity index (χ1n) is 8.64. The van der Waals surface area contributed by atoms with Gasteiger partial charge in [0.15, 0.2) is 0 Å². The molecule has 26 heavy (non-hydrogen) atoms. The molecular formula is C19H22F3N3O. The van der Waals surface area contributed by atoms with Crippen molar-refractivity contribution < 1.29 is 18.0 Å². The third-order valence-electron chi connectivity index (χ3n) is 4.86. The van der Waals surface area contributed by atoms with E-state index >= 15 is 0 Å². The number of benzene rings is 1. The Hall–Kier alpha value is -2.31. The van der Waals surface area contributed by atoms with E-state index in [2.05, 4.69) is 10.4 Å². The lowest BCUT2D eigenvalue weighted by atomic mass is 10.0. The lowest BCUT2D eigenvalue weighted by Crippen LogP contribution is -2.17. The second-order valence-corrected chi connectivity index (χ2v) is 7.11. The van der Waals surface area contributed by atoms with Gasteiger partial charge < -0.3 is 5.32 Å². The fraction of sp³-hybridized carbons (Fsp3) is 0.474. The van der Waals surface area contributed by atoms with Crippen molar-refractivity contribution in [2.45, 2.75) is 52.3 Å². The maximum absolute atomic E-state index is 13.2. The van der Waals surface area contributed by atoms with E-state index in [4.69, 9.17) is 0 Å². The van der Waals surface area contributed by atoms with E-state index in [1.807, 2.05) is 32.4 Å². The van der Waals surface area contributed by atoms with Gasteiger partial charge in [-0.3, -0.25) is 9.48 Å². The number of alkyl halides is 3. The molecule has 1 saturated carbocycles. The summed E-state index contributed by atoms with van der Waals surface area (Å²) in [6.45, 7) is 7.68. The lowest BCUT2D eigenvalue weighted by Gasteiger charge is -2.12. The number of nitrogens with zero attached hydrogens (tertiary/aromatic N) is 2. The topological polar surface area (TPSA) is 46.9 Å². The number of aryl methyl sites for hydroxylation is 1. The van der Waals surface area contributed by atoms with Crippen LogP contribution in [0.1, 0.15) is 54.7 Å². The van der Waals surface area contributed by atoms with E-state index in [-0.39, 0.29) is 17.5 Å². The SMILES string of the molecule is Cc1nn(C(C)C)c(C)c1NC(=O)[C@@H]1C[C@H]1c1ccccc1C(F)(F)F. The molecule has 1 amide bonds. The molecule has 0 radical (unpaired) electrons. The Morgan fingerprint density at radius 1 is 1.27 bits per heavy atom. The molecule has 1 fully saturated rings. The fourth-order valence-electron chi connectivity index (χ4n) is 3.47. The van der Waals surface area contributed by atoms with E-state index in [1.165, 1.54) is 12.1 Å². The van der Waals surface area contributed by atoms with Gasteiger partial charge in [0.25, 0.3) is 0 Å². The summed E-state index contributed by atoms with van der Waals surface area (Å²) in [7, 11) is 0. The minimum Gasteiger partial charge on any atom is -0.323 e. The van der Waals surface area contributed by atoms with Gasteiger partial charge in [-0.05, 0) is 51.7 Å². The van der Waals surface area contributed by atoms with Crippen LogP contribution in [0.3, 0.4) is 0 Å². The molecule has 4 nitrogen and oxygen atoms in total. The van der Waals surface area contributed by atoms with E-state index < -0.39 is 23.6 Å². The van der Waals surface area contributed by atoms with Crippen LogP contribution in [0.15, 0.2) is 24.3 Å². The summed E-state index contributed by atoms with van der Waals surface area (Å²) in [5.74, 6) is -1.09. The van der Waals surface area contributed by atoms with Crippen LogP contribution in [0.25, 0.3) is 0 Å². The second kappa shape index (κ2) is 6.45. The van der Waals surface area contributed by atoms with Crippen LogP contribution in [0.2, 0.25) is 0 Å². The molecule has 0 spiro atoms. The van der Waals surface area contributed by atoms with Crippen molar-refractivity contribution in [1.82, 2.24) is 9.78 Å². The van der Waals surface area contributed by atoms with Crippen LogP contribution in [0, 0.1) is 19.8 Å². The van der Waals surface area contributed by atoms with Crippen LogP contribution in [-0.2, 0) is 11.0 Å². The Morgan fingerprint density at radius 2 is 1.92 bits per heavy atom. The maximum Gasteiger partial charge on any atom is 0.416 e. The number of carbonyl (C=O) groups is 1. The third-order valence-corrected chi connectivity index (χ3v) is 4.86. The van der Waals surface area contributed by atoms with E-state index in [1.54, 1.807) is 6.07 Å². The van der Waals surface area contributed by atoms with Gasteiger partial charge in [-0.1, -0.05) is 18.2 Å². The molecule has 1 N–H and O–H groups in total. The summed E-state index contributed by atoms with van der Waals surface area (Å²) in [6.07, 6.45) is -3.98. The minimum atomic E-state index is -4.41. The molecule has 2 aromatic rings. The summed E-state index contributed by atoms with van der Waals surface area (Å²) in [5.41, 5.74) is 1.75. The van der Waals surface area contributed by atoms with Crippen molar-refractivity contribution in [1.29, 1.82) is 0 Å². The number of amides is 1. The van der Waals surface area contributed by atoms with Gasteiger partial charge in [-0.15, -0.1) is 0 Å². The second-order valence-electron chi connectivity index (χ2n) is 7.11. The Balaban J connectivity index is 1.77. The molecule has 1 aliphatic carbocycles. The van der Waals surface area contributed by atoms with Gasteiger partial charge in [0.1, 0.15) is 0 Å². The summed E-state index contributed by atoms with van der Waals surface area (Å²) >= 11 is 0. The fourth-order valence-corrected chi connectivity index (χ4v) is 3.47. The highest BCUT2D eigenvalue weighted by atomic mass is 19.4. The van der Waals surface area contributed by atoms with Crippen LogP contribution in [-0.4, -0.2) is 15.7 Å². The van der Waals surface area contributed by atoms with Crippen LogP contribution < -0.4 is 5.32 Å². The Morgan fingerprint density at radius 3 is 2.50 bits per heavy atom. The predicted octanol–water partition coefficient (Wildman–Crippen LogP) is 4.84. The van der Waals surface area contributed by atoms with Crippen LogP contribution >= 0.6 is 0 Å². The zero-order valence-electron chi connectivity index (χ0n) is 15.2. The molecule has 1 aromatic heterocycles. The summed E-state index contributed by atoms with van der Waals surface area (Å²) in [6, 6.07) is 5.65. The predicted molar refractivity (Wildman–Crippen MR) is 93.0 cm³/mol. The van der Waals surface area contributed by atoms with Gasteiger partial charge in [0, 0.05) is 12.0 Å². The molecule has 2 atom stereocenters. The average Bonchev–Trinajstić information content (AvgIpc) is 3.31. The molecule has 140 valence electrons. The normalized spacial score (nSPS) is 19.7. The minimum absolute atomic E-state index is 0.159. The number of anilines is 1. The average molecular weight is 365 g/mol. The van der Waals surface area contributed by atoms with Crippen molar-refractivity contribution >= 4 is 11.6 Å². The molecule has 1 aliphatic rings. The van der Waals surface area contributed by atoms with Crippen LogP contribution in [0.5, 0.6) is 0 Å². The zero-order chi connectivity index (χ0) is 19.2. The number of rotatable bonds is 4. The number of aromatic nitrogens is 2. The standard InChI is InChI=1S/C19H22F3N3O/c1-10(2)25-12(4)17(11(3)24-25)23-18(26)15-9-14(15)13-7-5-6-8-16(13)19(20,21)22/h5-8,10,14-15H,9H2,1-4H3,(H,23,26)/t14-,15+/m0/s1. The lowest BCUT2D eigenvalue weighted by molar-refractivity contribution is -0.138. The molecule has 3 rings (SSSR count). The van der Waals surface area contributed by atoms with Crippen molar-refractivity contribution in [2.75, 3.05) is 5.32 Å². The summed E-state index contributed by atoms with van der Waals surface area (Å²) < 4.78 is 41.4. The van der Waals surface area contributed by atoms with Gasteiger partial charge in [-0.2, -0.15) is 18.3 Å². The number of carbonyl (C=O) groups excluding carboxylic acids is 1. The largest absolute Gasteiger partial charge is 0.416 e. The quantitative estimate of drug-likeness (QED) is 0.843. The Labute approximate surface area is 150 Å². The smallest absolute Gasteiger partial charge is 0.323 e. The maximum atomic E-state index is 13.2. The summed E-state index contributed by atoms with van der Waals surface area (Å²) in [4.78, 5) is 12.6. The Kier molecular flexibility index (Phi) is 4.58. The molecule has 0 saturated heterocycles. The molecule has 1 aromatic carbocycles. The highest BCUT2D eigenvalue weighted by Gasteiger charge is 2.48. The van der Waals surface area contributed by atoms with E-state index in [0.29, 0.717) is 17.8 Å². The monoisotopic (exact) mass is 365 g/mol. The van der Waals surface area contributed by atoms with Crippen molar-refractivity contribution in [2.24, 2.45) is 5.92 Å². The number of nitrogens with one attached hydrogen (secondary N) is 1. The molecule has 7 heteroatoms. The first-order valence-corrected chi connectivity index (χ1v) is 8.64. The van der Waals surface area contributed by atoms with Gasteiger partial charge >= 0.3 is 6.18 Å². The molecule has 0 aliphatic heterocycles. The van der Waals surface area contributed by atoms with Crippen molar-refractivity contribution in [3.8, 4) is 0 Å². The van der Waals surface area contributed by atoms with E-state index in [9.17, 15) is 18.0 Å². The number of hydrogen-bond acceptors (Lipinski definition) is 2. The number of halogens is 3. The third kappa shape index (κ3) is 3.34. The zero-order valence-corrected chi connectivity index (χ0v) is 15.2. The van der Waals surface area contributed by atoms with Crippen molar-refractivity contribution in [3.63, 3.8) is 0 Å². The van der Waals surface area contributed by atoms with Crippen LogP contribution in [0.4, 0.5) is 18.9 Å². The van der Waals surface area contributed by atoms with E-state index in [0.717, 1.165) is 11.8 Å². The van der Waals surface area contributed by atoms with Gasteiger partial charge in [0.2, 0.25) is 5.91 Å². The molecular weight excluding hydrogens is 343 g/mol. The molecule has 1 heterocycles. The first kappa shape index (κ1) is 18.5. The highest BCUT2D eigenvalue weighted by molar-refractivity contribution is 5.96. The highest BCUT2D eigenvalue weighted by Crippen LogP contribution is 2.51. The number of hydrogen-bond donors (Lipinski definition) is 1. The van der Waals surface area contributed by atoms with Gasteiger partial charge in [-0.25, -0.2) is 0 Å². The molecule has 0 bridgehead atoms. The first-order chi connectivity index (χ1) is 12.1. The molecule has 0 unspecified atom stereocenters. The van der Waals surface area contributed by atoms with Gasteiger partial charge in [0.05, 0.1) is 22.6 Å². The summed E-state index contributed by atoms with van der Waals surface area (Å²) in [5, 5.41) is 7.29. The Bertz CT molecular complexity index is 839.